The lowest BCUT2D eigenvalue weighted by atomic mass is 9.42. The molecule has 5 nitrogen and oxygen atoms in total. The number of hydrogen-bond acceptors (Lipinski definition) is 4. The predicted octanol–water partition coefficient (Wildman–Crippen LogP) is 5.63. The van der Waals surface area contributed by atoms with Gasteiger partial charge in [-0.1, -0.05) is 59.6 Å². The first-order valence-electron chi connectivity index (χ1n) is 12.0. The summed E-state index contributed by atoms with van der Waals surface area (Å²) in [6.07, 6.45) is 5.59. The molecule has 1 N–H and O–H groups in total. The topological polar surface area (TPSA) is 80.7 Å². The normalized spacial score (nSPS) is 41.8. The average Bonchev–Trinajstić information content (AvgIpc) is 2.94. The number of rotatable bonds is 6. The van der Waals surface area contributed by atoms with Crippen LogP contribution in [0.3, 0.4) is 0 Å². The first-order chi connectivity index (χ1) is 14.3. The summed E-state index contributed by atoms with van der Waals surface area (Å²) in [7, 11) is 0. The Morgan fingerprint density at radius 1 is 1.19 bits per heavy atom. The van der Waals surface area contributed by atoms with Crippen molar-refractivity contribution in [3.63, 3.8) is 0 Å². The molecule has 0 aromatic carbocycles. The second-order valence-corrected chi connectivity index (χ2v) is 11.3. The minimum absolute atomic E-state index is 0.0190. The number of cyclic esters (lactones) is 2. The highest BCUT2D eigenvalue weighted by Gasteiger charge is 2.65. The smallest absolute Gasteiger partial charge is 0.318 e. The van der Waals surface area contributed by atoms with E-state index in [0.29, 0.717) is 24.7 Å². The zero-order chi connectivity index (χ0) is 23.4. The van der Waals surface area contributed by atoms with Crippen molar-refractivity contribution in [2.45, 2.75) is 86.5 Å². The number of fused-ring (bicyclic) bond motifs is 1. The monoisotopic (exact) mass is 432 g/mol. The SMILES string of the molecule is C=C1C2(C)CCCC(C)(C(=O)O)C2CCC1(CC(CC)C(C)C)C1C(=O)OC(=O)C1C. The molecule has 0 bridgehead atoms. The van der Waals surface area contributed by atoms with Crippen LogP contribution in [0.1, 0.15) is 86.5 Å². The van der Waals surface area contributed by atoms with Crippen LogP contribution < -0.4 is 0 Å². The maximum Gasteiger partial charge on any atom is 0.318 e. The van der Waals surface area contributed by atoms with Gasteiger partial charge in [0.25, 0.3) is 0 Å². The number of aliphatic carboxylic acids is 1. The molecular weight excluding hydrogens is 392 g/mol. The van der Waals surface area contributed by atoms with Crippen LogP contribution in [-0.4, -0.2) is 23.0 Å². The van der Waals surface area contributed by atoms with Crippen LogP contribution in [0.4, 0.5) is 0 Å². The molecule has 0 spiro atoms. The van der Waals surface area contributed by atoms with Crippen LogP contribution in [0.5, 0.6) is 0 Å². The first kappa shape index (κ1) is 24.0. The van der Waals surface area contributed by atoms with Crippen molar-refractivity contribution in [1.29, 1.82) is 0 Å². The van der Waals surface area contributed by atoms with E-state index in [2.05, 4.69) is 34.3 Å². The molecule has 2 saturated carbocycles. The summed E-state index contributed by atoms with van der Waals surface area (Å²) in [5.41, 5.74) is -0.701. The van der Waals surface area contributed by atoms with Crippen molar-refractivity contribution in [2.75, 3.05) is 0 Å². The molecule has 7 atom stereocenters. The molecule has 31 heavy (non-hydrogen) atoms. The number of carbonyl (C=O) groups is 3. The van der Waals surface area contributed by atoms with Gasteiger partial charge >= 0.3 is 17.9 Å². The Balaban J connectivity index is 2.13. The number of allylic oxidation sites excluding steroid dienone is 1. The van der Waals surface area contributed by atoms with E-state index < -0.39 is 40.6 Å². The number of carboxylic acid groups (broad SMARTS) is 1. The van der Waals surface area contributed by atoms with E-state index in [1.165, 1.54) is 0 Å². The average molecular weight is 433 g/mol. The summed E-state index contributed by atoms with van der Waals surface area (Å²) in [5, 5.41) is 10.1. The highest BCUT2D eigenvalue weighted by molar-refractivity contribution is 5.97. The van der Waals surface area contributed by atoms with Crippen molar-refractivity contribution >= 4 is 17.9 Å². The van der Waals surface area contributed by atoms with E-state index in [-0.39, 0.29) is 11.3 Å². The lowest BCUT2D eigenvalue weighted by Crippen LogP contribution is -2.57. The molecule has 1 aliphatic heterocycles. The van der Waals surface area contributed by atoms with Gasteiger partial charge in [0.2, 0.25) is 0 Å². The molecular formula is C26H40O5. The third-order valence-electron chi connectivity index (χ3n) is 9.60. The fraction of sp³-hybridized carbons (Fsp3) is 0.808. The number of ether oxygens (including phenoxy) is 1. The lowest BCUT2D eigenvalue weighted by molar-refractivity contribution is -0.164. The van der Waals surface area contributed by atoms with Crippen molar-refractivity contribution in [1.82, 2.24) is 0 Å². The number of carboxylic acids is 1. The Labute approximate surface area is 187 Å². The third kappa shape index (κ3) is 3.47. The molecule has 0 aromatic heterocycles. The van der Waals surface area contributed by atoms with Crippen LogP contribution in [0, 0.1) is 45.8 Å². The van der Waals surface area contributed by atoms with Gasteiger partial charge in [-0.05, 0) is 62.2 Å². The van der Waals surface area contributed by atoms with E-state index in [0.717, 1.165) is 37.7 Å². The fourth-order valence-corrected chi connectivity index (χ4v) is 7.56. The molecule has 3 aliphatic rings. The Kier molecular flexibility index (Phi) is 6.23. The number of carbonyl (C=O) groups excluding carboxylic acids is 2. The molecule has 174 valence electrons. The van der Waals surface area contributed by atoms with Crippen molar-refractivity contribution < 1.29 is 24.2 Å². The summed E-state index contributed by atoms with van der Waals surface area (Å²) in [4.78, 5) is 37.7. The molecule has 0 aromatic rings. The molecule has 1 heterocycles. The molecule has 3 rings (SSSR count). The highest BCUT2D eigenvalue weighted by Crippen LogP contribution is 2.68. The summed E-state index contributed by atoms with van der Waals surface area (Å²) in [5.74, 6) is -1.81. The maximum absolute atomic E-state index is 13.0. The van der Waals surface area contributed by atoms with E-state index in [4.69, 9.17) is 4.74 Å². The van der Waals surface area contributed by atoms with Crippen LogP contribution in [-0.2, 0) is 19.1 Å². The minimum atomic E-state index is -0.790. The van der Waals surface area contributed by atoms with Gasteiger partial charge < -0.3 is 9.84 Å². The van der Waals surface area contributed by atoms with Gasteiger partial charge in [-0.25, -0.2) is 0 Å². The highest BCUT2D eigenvalue weighted by atomic mass is 16.6. The van der Waals surface area contributed by atoms with Gasteiger partial charge in [-0.3, -0.25) is 14.4 Å². The first-order valence-corrected chi connectivity index (χ1v) is 12.0. The number of esters is 2. The zero-order valence-corrected chi connectivity index (χ0v) is 20.1. The largest absolute Gasteiger partial charge is 0.481 e. The van der Waals surface area contributed by atoms with E-state index in [1.807, 2.05) is 6.92 Å². The van der Waals surface area contributed by atoms with E-state index >= 15 is 0 Å². The van der Waals surface area contributed by atoms with Crippen LogP contribution in [0.15, 0.2) is 12.2 Å². The fourth-order valence-electron chi connectivity index (χ4n) is 7.56. The summed E-state index contributed by atoms with van der Waals surface area (Å²) < 4.78 is 5.12. The molecule has 3 fully saturated rings. The molecule has 7 unspecified atom stereocenters. The molecule has 2 aliphatic carbocycles. The Bertz CT molecular complexity index is 785. The maximum atomic E-state index is 13.0. The van der Waals surface area contributed by atoms with Gasteiger partial charge in [0.1, 0.15) is 0 Å². The standard InChI is InChI=1S/C26H40O5/c1-8-18(15(2)3)14-26(20-16(4)21(27)31-22(20)28)13-10-19-24(6,17(26)5)11-9-12-25(19,7)23(29)30/h15-16,18-20H,5,8-14H2,1-4,6-7H3,(H,29,30). The van der Waals surface area contributed by atoms with E-state index in [9.17, 15) is 19.5 Å². The van der Waals surface area contributed by atoms with Gasteiger partial charge in [0, 0.05) is 5.41 Å². The second kappa shape index (κ2) is 8.04. The molecule has 5 heteroatoms. The Morgan fingerprint density at radius 3 is 2.32 bits per heavy atom. The van der Waals surface area contributed by atoms with Gasteiger partial charge in [0.05, 0.1) is 17.3 Å². The predicted molar refractivity (Wildman–Crippen MR) is 119 cm³/mol. The summed E-state index contributed by atoms with van der Waals surface area (Å²) in [6.45, 7) is 17.1. The molecule has 1 saturated heterocycles. The third-order valence-corrected chi connectivity index (χ3v) is 9.60. The van der Waals surface area contributed by atoms with Crippen LogP contribution in [0.2, 0.25) is 0 Å². The number of hydrogen-bond donors (Lipinski definition) is 1. The van der Waals surface area contributed by atoms with Gasteiger partial charge in [-0.15, -0.1) is 0 Å². The van der Waals surface area contributed by atoms with Crippen LogP contribution in [0.25, 0.3) is 0 Å². The second-order valence-electron chi connectivity index (χ2n) is 11.3. The van der Waals surface area contributed by atoms with E-state index in [1.54, 1.807) is 6.92 Å². The minimum Gasteiger partial charge on any atom is -0.481 e. The van der Waals surface area contributed by atoms with Crippen molar-refractivity contribution in [3.8, 4) is 0 Å². The molecule has 0 radical (unpaired) electrons. The van der Waals surface area contributed by atoms with Crippen LogP contribution >= 0.6 is 0 Å². The quantitative estimate of drug-likeness (QED) is 0.334. The van der Waals surface area contributed by atoms with Gasteiger partial charge in [-0.2, -0.15) is 0 Å². The lowest BCUT2D eigenvalue weighted by Gasteiger charge is -2.61. The van der Waals surface area contributed by atoms with Crippen molar-refractivity contribution in [2.24, 2.45) is 45.8 Å². The Hall–Kier alpha value is -1.65. The summed E-state index contributed by atoms with van der Waals surface area (Å²) >= 11 is 0. The summed E-state index contributed by atoms with van der Waals surface area (Å²) in [6, 6.07) is 0. The Morgan fingerprint density at radius 2 is 1.84 bits per heavy atom. The molecule has 0 amide bonds. The van der Waals surface area contributed by atoms with Gasteiger partial charge in [0.15, 0.2) is 0 Å². The van der Waals surface area contributed by atoms with Crippen molar-refractivity contribution in [3.05, 3.63) is 12.2 Å². The zero-order valence-electron chi connectivity index (χ0n) is 20.1.